The van der Waals surface area contributed by atoms with Gasteiger partial charge in [-0.1, -0.05) is 12.8 Å². The fourth-order valence-corrected chi connectivity index (χ4v) is 3.05. The highest BCUT2D eigenvalue weighted by atomic mass is 15.1. The molecule has 1 saturated carbocycles. The van der Waals surface area contributed by atoms with Gasteiger partial charge in [-0.2, -0.15) is 0 Å². The van der Waals surface area contributed by atoms with Crippen LogP contribution in [0, 0.1) is 5.92 Å². The van der Waals surface area contributed by atoms with Crippen LogP contribution in [0.1, 0.15) is 38.5 Å². The third-order valence-corrected chi connectivity index (χ3v) is 3.78. The Bertz CT molecular complexity index is 173. The molecule has 2 N–H and O–H groups in total. The van der Waals surface area contributed by atoms with Crippen molar-refractivity contribution in [3.63, 3.8) is 0 Å². The third-order valence-electron chi connectivity index (χ3n) is 3.78. The molecule has 13 heavy (non-hydrogen) atoms. The summed E-state index contributed by atoms with van der Waals surface area (Å²) in [7, 11) is 2.22. The molecule has 0 radical (unpaired) electrons. The highest BCUT2D eigenvalue weighted by Crippen LogP contribution is 2.35. The van der Waals surface area contributed by atoms with Crippen LogP contribution in [0.15, 0.2) is 0 Å². The molecule has 0 spiro atoms. The zero-order chi connectivity index (χ0) is 9.31. The Kier molecular flexibility index (Phi) is 2.61. The van der Waals surface area contributed by atoms with Crippen LogP contribution in [0.5, 0.6) is 0 Å². The lowest BCUT2D eigenvalue weighted by Crippen LogP contribution is -2.38. The lowest BCUT2D eigenvalue weighted by atomic mass is 9.86. The van der Waals surface area contributed by atoms with Crippen LogP contribution in [0.2, 0.25) is 0 Å². The van der Waals surface area contributed by atoms with Crippen LogP contribution in [0.3, 0.4) is 0 Å². The average Bonchev–Trinajstić information content (AvgIpc) is 2.62. The number of hydrogen-bond donors (Lipinski definition) is 1. The predicted octanol–water partition coefficient (Wildman–Crippen LogP) is 1.60. The zero-order valence-electron chi connectivity index (χ0n) is 8.76. The molecule has 0 aromatic carbocycles. The SMILES string of the molecule is CN1CCC(CC2(N)CCCC2)C1. The summed E-state index contributed by atoms with van der Waals surface area (Å²) in [6.45, 7) is 2.56. The summed E-state index contributed by atoms with van der Waals surface area (Å²) < 4.78 is 0. The summed E-state index contributed by atoms with van der Waals surface area (Å²) in [5.41, 5.74) is 6.58. The Morgan fingerprint density at radius 3 is 2.62 bits per heavy atom. The first-order valence-electron chi connectivity index (χ1n) is 5.65. The van der Waals surface area contributed by atoms with E-state index in [0.29, 0.717) is 0 Å². The second kappa shape index (κ2) is 3.58. The van der Waals surface area contributed by atoms with E-state index in [0.717, 1.165) is 5.92 Å². The van der Waals surface area contributed by atoms with Gasteiger partial charge in [0.05, 0.1) is 0 Å². The summed E-state index contributed by atoms with van der Waals surface area (Å²) in [5, 5.41) is 0. The van der Waals surface area contributed by atoms with Gasteiger partial charge in [-0.15, -0.1) is 0 Å². The quantitative estimate of drug-likeness (QED) is 0.703. The normalized spacial score (nSPS) is 34.2. The summed E-state index contributed by atoms with van der Waals surface area (Å²) in [4.78, 5) is 2.43. The smallest absolute Gasteiger partial charge is 0.0157 e. The van der Waals surface area contributed by atoms with Crippen molar-refractivity contribution in [2.45, 2.75) is 44.1 Å². The first-order valence-corrected chi connectivity index (χ1v) is 5.65. The molecule has 1 saturated heterocycles. The molecule has 2 nitrogen and oxygen atoms in total. The molecule has 2 aliphatic rings. The Labute approximate surface area is 81.5 Å². The number of likely N-dealkylation sites (tertiary alicyclic amines) is 1. The fourth-order valence-electron chi connectivity index (χ4n) is 3.05. The van der Waals surface area contributed by atoms with E-state index in [9.17, 15) is 0 Å². The maximum atomic E-state index is 6.37. The summed E-state index contributed by atoms with van der Waals surface area (Å²) in [6.07, 6.45) is 7.91. The number of hydrogen-bond acceptors (Lipinski definition) is 2. The summed E-state index contributed by atoms with van der Waals surface area (Å²) in [5.74, 6) is 0.882. The van der Waals surface area contributed by atoms with Gasteiger partial charge in [0.25, 0.3) is 0 Å². The van der Waals surface area contributed by atoms with Gasteiger partial charge in [0.1, 0.15) is 0 Å². The fraction of sp³-hybridized carbons (Fsp3) is 1.00. The zero-order valence-corrected chi connectivity index (χ0v) is 8.76. The molecule has 1 aliphatic carbocycles. The van der Waals surface area contributed by atoms with Gasteiger partial charge in [0.2, 0.25) is 0 Å². The van der Waals surface area contributed by atoms with E-state index in [2.05, 4.69) is 11.9 Å². The number of nitrogens with two attached hydrogens (primary N) is 1. The molecule has 1 aliphatic heterocycles. The molecular formula is C11H22N2. The Hall–Kier alpha value is -0.0800. The topological polar surface area (TPSA) is 29.3 Å². The van der Waals surface area contributed by atoms with Crippen LogP contribution >= 0.6 is 0 Å². The Morgan fingerprint density at radius 2 is 2.08 bits per heavy atom. The van der Waals surface area contributed by atoms with E-state index < -0.39 is 0 Å². The van der Waals surface area contributed by atoms with Crippen molar-refractivity contribution < 1.29 is 0 Å². The average molecular weight is 182 g/mol. The van der Waals surface area contributed by atoms with Crippen molar-refractivity contribution in [1.82, 2.24) is 4.90 Å². The van der Waals surface area contributed by atoms with E-state index in [1.165, 1.54) is 51.6 Å². The summed E-state index contributed by atoms with van der Waals surface area (Å²) in [6, 6.07) is 0. The van der Waals surface area contributed by atoms with Crippen molar-refractivity contribution >= 4 is 0 Å². The lowest BCUT2D eigenvalue weighted by Gasteiger charge is -2.26. The lowest BCUT2D eigenvalue weighted by molar-refractivity contribution is 0.312. The maximum absolute atomic E-state index is 6.37. The number of rotatable bonds is 2. The van der Waals surface area contributed by atoms with E-state index >= 15 is 0 Å². The molecular weight excluding hydrogens is 160 g/mol. The third kappa shape index (κ3) is 2.23. The van der Waals surface area contributed by atoms with E-state index in [1.807, 2.05) is 0 Å². The molecule has 0 aromatic heterocycles. The Balaban J connectivity index is 1.83. The van der Waals surface area contributed by atoms with Crippen molar-refractivity contribution in [2.75, 3.05) is 20.1 Å². The molecule has 1 atom stereocenters. The predicted molar refractivity (Wildman–Crippen MR) is 55.6 cm³/mol. The molecule has 1 unspecified atom stereocenters. The van der Waals surface area contributed by atoms with Gasteiger partial charge in [-0.3, -0.25) is 0 Å². The van der Waals surface area contributed by atoms with Crippen LogP contribution in [-0.2, 0) is 0 Å². The van der Waals surface area contributed by atoms with Gasteiger partial charge >= 0.3 is 0 Å². The highest BCUT2D eigenvalue weighted by Gasteiger charge is 2.33. The van der Waals surface area contributed by atoms with Crippen molar-refractivity contribution in [2.24, 2.45) is 11.7 Å². The van der Waals surface area contributed by atoms with Crippen molar-refractivity contribution in [3.05, 3.63) is 0 Å². The monoisotopic (exact) mass is 182 g/mol. The molecule has 0 aromatic rings. The van der Waals surface area contributed by atoms with Crippen LogP contribution in [-0.4, -0.2) is 30.6 Å². The van der Waals surface area contributed by atoms with Crippen LogP contribution in [0.25, 0.3) is 0 Å². The summed E-state index contributed by atoms with van der Waals surface area (Å²) >= 11 is 0. The second-order valence-corrected chi connectivity index (χ2v) is 5.19. The van der Waals surface area contributed by atoms with Gasteiger partial charge in [-0.05, 0) is 45.2 Å². The van der Waals surface area contributed by atoms with Crippen molar-refractivity contribution in [1.29, 1.82) is 0 Å². The molecule has 2 heteroatoms. The van der Waals surface area contributed by atoms with Crippen LogP contribution < -0.4 is 5.73 Å². The van der Waals surface area contributed by atoms with E-state index in [1.54, 1.807) is 0 Å². The van der Waals surface area contributed by atoms with Gasteiger partial charge in [0.15, 0.2) is 0 Å². The van der Waals surface area contributed by atoms with E-state index in [4.69, 9.17) is 5.73 Å². The van der Waals surface area contributed by atoms with E-state index in [-0.39, 0.29) is 5.54 Å². The molecule has 2 fully saturated rings. The highest BCUT2D eigenvalue weighted by molar-refractivity contribution is 4.92. The molecule has 76 valence electrons. The molecule has 1 heterocycles. The van der Waals surface area contributed by atoms with Crippen molar-refractivity contribution in [3.8, 4) is 0 Å². The molecule has 0 bridgehead atoms. The minimum Gasteiger partial charge on any atom is -0.325 e. The largest absolute Gasteiger partial charge is 0.325 e. The second-order valence-electron chi connectivity index (χ2n) is 5.19. The van der Waals surface area contributed by atoms with Gasteiger partial charge in [-0.25, -0.2) is 0 Å². The Morgan fingerprint density at radius 1 is 1.38 bits per heavy atom. The molecule has 2 rings (SSSR count). The van der Waals surface area contributed by atoms with Gasteiger partial charge in [0, 0.05) is 12.1 Å². The first kappa shape index (κ1) is 9.47. The minimum atomic E-state index is 0.218. The number of nitrogens with zero attached hydrogens (tertiary/aromatic N) is 1. The minimum absolute atomic E-state index is 0.218. The maximum Gasteiger partial charge on any atom is 0.0157 e. The van der Waals surface area contributed by atoms with Gasteiger partial charge < -0.3 is 10.6 Å². The first-order chi connectivity index (χ1) is 6.18. The molecule has 0 amide bonds. The standard InChI is InChI=1S/C11H22N2/c1-13-7-4-10(9-13)8-11(12)5-2-3-6-11/h10H,2-9,12H2,1H3. The van der Waals surface area contributed by atoms with Crippen LogP contribution in [0.4, 0.5) is 0 Å².